The Morgan fingerprint density at radius 2 is 1.83 bits per heavy atom. The summed E-state index contributed by atoms with van der Waals surface area (Å²) in [6, 6.07) is 21.7. The van der Waals surface area contributed by atoms with Crippen LogP contribution >= 0.6 is 11.6 Å². The predicted octanol–water partition coefficient (Wildman–Crippen LogP) is 6.90. The second kappa shape index (κ2) is 8.44. The van der Waals surface area contributed by atoms with Crippen LogP contribution in [0.5, 0.6) is 5.75 Å². The van der Waals surface area contributed by atoms with Crippen LogP contribution in [0.25, 0.3) is 10.8 Å². The Morgan fingerprint density at radius 1 is 1.07 bits per heavy atom. The number of ether oxygens (including phenoxy) is 1. The normalized spacial score (nSPS) is 11.1. The highest BCUT2D eigenvalue weighted by atomic mass is 35.5. The van der Waals surface area contributed by atoms with E-state index < -0.39 is 0 Å². The zero-order valence-electron chi connectivity index (χ0n) is 16.6. The highest BCUT2D eigenvalue weighted by Crippen LogP contribution is 2.31. The van der Waals surface area contributed by atoms with E-state index in [9.17, 15) is 5.26 Å². The average Bonchev–Trinajstić information content (AvgIpc) is 3.04. The van der Waals surface area contributed by atoms with Gasteiger partial charge in [0.2, 0.25) is 5.88 Å². The minimum absolute atomic E-state index is 0.309. The smallest absolute Gasteiger partial charge is 0.237 e. The van der Waals surface area contributed by atoms with Crippen molar-refractivity contribution < 1.29 is 9.15 Å². The van der Waals surface area contributed by atoms with Gasteiger partial charge in [0, 0.05) is 22.4 Å². The lowest BCUT2D eigenvalue weighted by Crippen LogP contribution is -1.99. The zero-order chi connectivity index (χ0) is 21.1. The van der Waals surface area contributed by atoms with Crippen LogP contribution in [0.2, 0.25) is 5.02 Å². The Hall–Kier alpha value is -3.55. The van der Waals surface area contributed by atoms with Crippen molar-refractivity contribution in [2.75, 3.05) is 0 Å². The van der Waals surface area contributed by atoms with Gasteiger partial charge < -0.3 is 9.15 Å². The lowest BCUT2D eigenvalue weighted by molar-refractivity contribution is 0.306. The SMILES string of the molecule is Cc1oc(/N=C/c2c(OCc3ccc(Cl)cc3)ccc3ccccc23)c(C#N)c1C. The van der Waals surface area contributed by atoms with Crippen molar-refractivity contribution in [3.8, 4) is 11.8 Å². The molecule has 1 aromatic heterocycles. The van der Waals surface area contributed by atoms with Gasteiger partial charge in [-0.2, -0.15) is 5.26 Å². The van der Waals surface area contributed by atoms with Gasteiger partial charge in [0.25, 0.3) is 0 Å². The summed E-state index contributed by atoms with van der Waals surface area (Å²) >= 11 is 5.97. The molecule has 0 spiro atoms. The lowest BCUT2D eigenvalue weighted by Gasteiger charge is -2.12. The predicted molar refractivity (Wildman–Crippen MR) is 120 cm³/mol. The Balaban J connectivity index is 1.73. The summed E-state index contributed by atoms with van der Waals surface area (Å²) in [7, 11) is 0. The van der Waals surface area contributed by atoms with Crippen molar-refractivity contribution in [1.29, 1.82) is 5.26 Å². The van der Waals surface area contributed by atoms with Crippen LogP contribution in [0, 0.1) is 25.2 Å². The van der Waals surface area contributed by atoms with E-state index >= 15 is 0 Å². The molecule has 0 aliphatic heterocycles. The molecule has 0 bridgehead atoms. The molecule has 0 aliphatic carbocycles. The van der Waals surface area contributed by atoms with Crippen molar-refractivity contribution in [1.82, 2.24) is 0 Å². The van der Waals surface area contributed by atoms with Crippen LogP contribution < -0.4 is 4.74 Å². The number of hydrogen-bond acceptors (Lipinski definition) is 4. The molecule has 0 atom stereocenters. The van der Waals surface area contributed by atoms with Gasteiger partial charge in [0.1, 0.15) is 29.7 Å². The summed E-state index contributed by atoms with van der Waals surface area (Å²) in [5, 5.41) is 12.2. The quantitative estimate of drug-likeness (QED) is 0.333. The highest BCUT2D eigenvalue weighted by Gasteiger charge is 2.14. The van der Waals surface area contributed by atoms with Crippen LogP contribution in [-0.4, -0.2) is 6.21 Å². The number of benzene rings is 3. The summed E-state index contributed by atoms with van der Waals surface area (Å²) in [6.45, 7) is 4.08. The van der Waals surface area contributed by atoms with E-state index in [-0.39, 0.29) is 0 Å². The van der Waals surface area contributed by atoms with Gasteiger partial charge in [-0.05, 0) is 48.4 Å². The summed E-state index contributed by atoms with van der Waals surface area (Å²) in [5.41, 5.74) is 3.10. The molecule has 4 rings (SSSR count). The van der Waals surface area contributed by atoms with Gasteiger partial charge >= 0.3 is 0 Å². The van der Waals surface area contributed by atoms with E-state index in [1.165, 1.54) is 0 Å². The van der Waals surface area contributed by atoms with Crippen LogP contribution in [-0.2, 0) is 6.61 Å². The molecule has 0 N–H and O–H groups in total. The molecule has 4 aromatic rings. The fraction of sp³-hybridized carbons (Fsp3) is 0.120. The molecule has 1 heterocycles. The molecule has 0 aliphatic rings. The lowest BCUT2D eigenvalue weighted by atomic mass is 10.0. The number of aliphatic imine (C=N–C) groups is 1. The molecule has 0 saturated carbocycles. The second-order valence-electron chi connectivity index (χ2n) is 6.95. The first-order valence-corrected chi connectivity index (χ1v) is 9.88. The molecule has 0 fully saturated rings. The topological polar surface area (TPSA) is 58.5 Å². The molecule has 4 nitrogen and oxygen atoms in total. The number of nitriles is 1. The molecule has 3 aromatic carbocycles. The number of furan rings is 1. The number of fused-ring (bicyclic) bond motifs is 1. The maximum absolute atomic E-state index is 9.45. The van der Waals surface area contributed by atoms with Crippen LogP contribution in [0.4, 0.5) is 5.88 Å². The van der Waals surface area contributed by atoms with E-state index in [0.29, 0.717) is 34.6 Å². The van der Waals surface area contributed by atoms with Crippen LogP contribution in [0.1, 0.15) is 28.0 Å². The van der Waals surface area contributed by atoms with E-state index in [0.717, 1.165) is 27.5 Å². The van der Waals surface area contributed by atoms with E-state index in [1.807, 2.05) is 74.5 Å². The number of halogens is 1. The standard InChI is InChI=1S/C25H19ClN2O2/c1-16-17(2)30-25(22(16)13-27)28-14-23-21-6-4-3-5-19(21)9-12-24(23)29-15-18-7-10-20(26)11-8-18/h3-12,14H,15H2,1-2H3/b28-14+. The summed E-state index contributed by atoms with van der Waals surface area (Å²) in [4.78, 5) is 4.49. The monoisotopic (exact) mass is 414 g/mol. The molecule has 30 heavy (non-hydrogen) atoms. The Labute approximate surface area is 180 Å². The van der Waals surface area contributed by atoms with E-state index in [1.54, 1.807) is 6.21 Å². The third kappa shape index (κ3) is 3.94. The fourth-order valence-corrected chi connectivity index (χ4v) is 3.36. The van der Waals surface area contributed by atoms with Gasteiger partial charge in [0.15, 0.2) is 0 Å². The molecule has 0 amide bonds. The van der Waals surface area contributed by atoms with Crippen LogP contribution in [0.15, 0.2) is 70.1 Å². The fourth-order valence-electron chi connectivity index (χ4n) is 3.23. The van der Waals surface area contributed by atoms with Gasteiger partial charge in [-0.3, -0.25) is 0 Å². The molecular formula is C25H19ClN2O2. The van der Waals surface area contributed by atoms with Gasteiger partial charge in [-0.15, -0.1) is 0 Å². The van der Waals surface area contributed by atoms with Gasteiger partial charge in [0.05, 0.1) is 0 Å². The largest absolute Gasteiger partial charge is 0.488 e. The maximum atomic E-state index is 9.45. The van der Waals surface area contributed by atoms with E-state index in [4.69, 9.17) is 20.8 Å². The summed E-state index contributed by atoms with van der Waals surface area (Å²) in [5.74, 6) is 1.70. The first-order valence-electron chi connectivity index (χ1n) is 9.50. The number of rotatable bonds is 5. The van der Waals surface area contributed by atoms with Gasteiger partial charge in [-0.25, -0.2) is 4.99 Å². The Kier molecular flexibility index (Phi) is 5.56. The van der Waals surface area contributed by atoms with Crippen molar-refractivity contribution in [3.05, 3.63) is 93.7 Å². The van der Waals surface area contributed by atoms with E-state index in [2.05, 4.69) is 11.1 Å². The minimum Gasteiger partial charge on any atom is -0.488 e. The molecule has 0 radical (unpaired) electrons. The van der Waals surface area contributed by atoms with Crippen LogP contribution in [0.3, 0.4) is 0 Å². The van der Waals surface area contributed by atoms with Gasteiger partial charge in [-0.1, -0.05) is 54.1 Å². The molecular weight excluding hydrogens is 396 g/mol. The third-order valence-electron chi connectivity index (χ3n) is 5.03. The first-order chi connectivity index (χ1) is 14.6. The summed E-state index contributed by atoms with van der Waals surface area (Å²) in [6.07, 6.45) is 1.71. The molecule has 0 saturated heterocycles. The van der Waals surface area contributed by atoms with Crippen molar-refractivity contribution >= 4 is 34.5 Å². The first kappa shape index (κ1) is 19.8. The average molecular weight is 415 g/mol. The third-order valence-corrected chi connectivity index (χ3v) is 5.28. The molecule has 0 unspecified atom stereocenters. The molecule has 5 heteroatoms. The van der Waals surface area contributed by atoms with Crippen molar-refractivity contribution in [2.24, 2.45) is 4.99 Å². The number of hydrogen-bond donors (Lipinski definition) is 0. The molecule has 148 valence electrons. The number of aryl methyl sites for hydroxylation is 1. The summed E-state index contributed by atoms with van der Waals surface area (Å²) < 4.78 is 11.8. The minimum atomic E-state index is 0.309. The second-order valence-corrected chi connectivity index (χ2v) is 7.38. The highest BCUT2D eigenvalue weighted by molar-refractivity contribution is 6.30. The number of nitrogens with zero attached hydrogens (tertiary/aromatic N) is 2. The van der Waals surface area contributed by atoms with Crippen molar-refractivity contribution in [2.45, 2.75) is 20.5 Å². The Bertz CT molecular complexity index is 1280. The van der Waals surface area contributed by atoms with Crippen molar-refractivity contribution in [3.63, 3.8) is 0 Å². The Morgan fingerprint density at radius 3 is 2.60 bits per heavy atom. The maximum Gasteiger partial charge on any atom is 0.237 e. The zero-order valence-corrected chi connectivity index (χ0v) is 17.4.